The Balaban J connectivity index is 1.93. The fourth-order valence-electron chi connectivity index (χ4n) is 3.09. The molecule has 26 heavy (non-hydrogen) atoms. The number of hydrogen-bond acceptors (Lipinski definition) is 6. The van der Waals surface area contributed by atoms with Crippen LogP contribution in [0.4, 0.5) is 0 Å². The molecule has 2 N–H and O–H groups in total. The van der Waals surface area contributed by atoms with Gasteiger partial charge >= 0.3 is 5.69 Å². The van der Waals surface area contributed by atoms with Crippen LogP contribution >= 0.6 is 0 Å². The standard InChI is InChI=1S/C18H21N5O3/c1-2-9-22-17(25)14(16(24)21-18(22)26)12-20-23-10-4-3-7-15(23)13-6-5-8-19-11-13/h2,5-6,8,11-12,15,25H,1,3-4,7,9-10H2,(H,21,24,26)/b20-12+/t15-/m1/s1. The van der Waals surface area contributed by atoms with Crippen LogP contribution in [0.15, 0.2) is 51.9 Å². The highest BCUT2D eigenvalue weighted by Gasteiger charge is 2.23. The maximum absolute atomic E-state index is 12.1. The van der Waals surface area contributed by atoms with Crippen LogP contribution in [-0.2, 0) is 6.54 Å². The second-order valence-corrected chi connectivity index (χ2v) is 6.10. The van der Waals surface area contributed by atoms with Crippen LogP contribution in [0.2, 0.25) is 0 Å². The summed E-state index contributed by atoms with van der Waals surface area (Å²) in [6, 6.07) is 3.95. The van der Waals surface area contributed by atoms with Gasteiger partial charge in [-0.1, -0.05) is 12.1 Å². The lowest BCUT2D eigenvalue weighted by Gasteiger charge is -2.33. The van der Waals surface area contributed by atoms with Crippen LogP contribution in [0, 0.1) is 0 Å². The zero-order valence-corrected chi connectivity index (χ0v) is 14.3. The molecule has 0 amide bonds. The van der Waals surface area contributed by atoms with E-state index in [-0.39, 0.29) is 18.2 Å². The Bertz CT molecular complexity index is 917. The lowest BCUT2D eigenvalue weighted by Crippen LogP contribution is -2.33. The predicted molar refractivity (Wildman–Crippen MR) is 98.3 cm³/mol. The van der Waals surface area contributed by atoms with Crippen molar-refractivity contribution in [3.8, 4) is 5.88 Å². The first-order valence-electron chi connectivity index (χ1n) is 8.49. The van der Waals surface area contributed by atoms with E-state index >= 15 is 0 Å². The van der Waals surface area contributed by atoms with E-state index in [0.29, 0.717) is 0 Å². The van der Waals surface area contributed by atoms with Gasteiger partial charge < -0.3 is 5.11 Å². The average Bonchev–Trinajstić information content (AvgIpc) is 2.66. The van der Waals surface area contributed by atoms with Crippen LogP contribution in [0.1, 0.15) is 36.4 Å². The average molecular weight is 355 g/mol. The summed E-state index contributed by atoms with van der Waals surface area (Å²) in [6.07, 6.45) is 9.31. The lowest BCUT2D eigenvalue weighted by atomic mass is 9.98. The molecule has 1 aliphatic heterocycles. The van der Waals surface area contributed by atoms with Crippen molar-refractivity contribution in [3.05, 3.63) is 69.1 Å². The van der Waals surface area contributed by atoms with Crippen LogP contribution in [0.3, 0.4) is 0 Å². The van der Waals surface area contributed by atoms with E-state index in [1.54, 1.807) is 6.20 Å². The Kier molecular flexibility index (Phi) is 5.31. The van der Waals surface area contributed by atoms with Gasteiger partial charge in [-0.15, -0.1) is 6.58 Å². The minimum absolute atomic E-state index is 0.0537. The van der Waals surface area contributed by atoms with Crippen molar-refractivity contribution in [2.24, 2.45) is 5.10 Å². The Morgan fingerprint density at radius 1 is 1.42 bits per heavy atom. The van der Waals surface area contributed by atoms with Crippen molar-refractivity contribution in [3.63, 3.8) is 0 Å². The number of aromatic nitrogens is 3. The van der Waals surface area contributed by atoms with E-state index in [0.717, 1.165) is 35.9 Å². The summed E-state index contributed by atoms with van der Waals surface area (Å²) in [5, 5.41) is 16.6. The third-order valence-electron chi connectivity index (χ3n) is 4.40. The van der Waals surface area contributed by atoms with Crippen molar-refractivity contribution in [1.29, 1.82) is 0 Å². The van der Waals surface area contributed by atoms with Gasteiger partial charge in [-0.3, -0.25) is 24.3 Å². The monoisotopic (exact) mass is 355 g/mol. The van der Waals surface area contributed by atoms with Crippen molar-refractivity contribution in [2.45, 2.75) is 31.8 Å². The van der Waals surface area contributed by atoms with Gasteiger partial charge in [-0.2, -0.15) is 5.10 Å². The molecule has 8 nitrogen and oxygen atoms in total. The molecule has 1 aliphatic rings. The molecule has 1 fully saturated rings. The Labute approximate surface area is 150 Å². The third-order valence-corrected chi connectivity index (χ3v) is 4.40. The molecule has 3 rings (SSSR count). The number of pyridine rings is 1. The fourth-order valence-corrected chi connectivity index (χ4v) is 3.09. The lowest BCUT2D eigenvalue weighted by molar-refractivity contribution is 0.156. The molecule has 0 bridgehead atoms. The third kappa shape index (κ3) is 3.58. The summed E-state index contributed by atoms with van der Waals surface area (Å²) in [5.41, 5.74) is -0.358. The summed E-state index contributed by atoms with van der Waals surface area (Å²) in [7, 11) is 0. The fraction of sp³-hybridized carbons (Fsp3) is 0.333. The maximum atomic E-state index is 12.1. The van der Waals surface area contributed by atoms with Crippen molar-refractivity contribution in [1.82, 2.24) is 19.5 Å². The van der Waals surface area contributed by atoms with E-state index in [9.17, 15) is 14.7 Å². The molecule has 8 heteroatoms. The minimum Gasteiger partial charge on any atom is -0.494 e. The van der Waals surface area contributed by atoms with E-state index in [2.05, 4.69) is 21.6 Å². The molecule has 0 radical (unpaired) electrons. The number of H-pyrrole nitrogens is 1. The van der Waals surface area contributed by atoms with Crippen molar-refractivity contribution in [2.75, 3.05) is 6.54 Å². The smallest absolute Gasteiger partial charge is 0.331 e. The first-order valence-corrected chi connectivity index (χ1v) is 8.49. The van der Waals surface area contributed by atoms with Gasteiger partial charge in [0.05, 0.1) is 12.3 Å². The number of nitrogens with zero attached hydrogens (tertiary/aromatic N) is 4. The number of aromatic amines is 1. The summed E-state index contributed by atoms with van der Waals surface area (Å²) >= 11 is 0. The number of hydrogen-bond donors (Lipinski definition) is 2. The quantitative estimate of drug-likeness (QED) is 0.623. The Hall–Kier alpha value is -3.16. The molecule has 1 saturated heterocycles. The minimum atomic E-state index is -0.684. The SMILES string of the molecule is C=CCn1c(O)c(/C=N/N2CCCC[C@@H]2c2cccnc2)c(=O)[nH]c1=O. The number of aromatic hydroxyl groups is 1. The predicted octanol–water partition coefficient (Wildman–Crippen LogP) is 1.38. The highest BCUT2D eigenvalue weighted by molar-refractivity contribution is 5.81. The van der Waals surface area contributed by atoms with Crippen LogP contribution in [-0.4, -0.2) is 37.4 Å². The number of allylic oxidation sites excluding steroid dienone is 1. The molecular weight excluding hydrogens is 334 g/mol. The van der Waals surface area contributed by atoms with Crippen molar-refractivity contribution >= 4 is 6.21 Å². The second kappa shape index (κ2) is 7.81. The maximum Gasteiger partial charge on any atom is 0.331 e. The molecule has 0 spiro atoms. The molecule has 2 aromatic heterocycles. The van der Waals surface area contributed by atoms with E-state index < -0.39 is 17.1 Å². The van der Waals surface area contributed by atoms with Gasteiger partial charge in [0.1, 0.15) is 5.56 Å². The molecular formula is C18H21N5O3. The summed E-state index contributed by atoms with van der Waals surface area (Å²) in [6.45, 7) is 4.37. The Morgan fingerprint density at radius 3 is 3.00 bits per heavy atom. The summed E-state index contributed by atoms with van der Waals surface area (Å²) < 4.78 is 1.03. The first kappa shape index (κ1) is 17.7. The van der Waals surface area contributed by atoms with Gasteiger partial charge in [0.25, 0.3) is 5.56 Å². The molecule has 0 aromatic carbocycles. The molecule has 3 heterocycles. The molecule has 2 aromatic rings. The van der Waals surface area contributed by atoms with Crippen LogP contribution < -0.4 is 11.2 Å². The van der Waals surface area contributed by atoms with E-state index in [1.807, 2.05) is 23.3 Å². The molecule has 1 atom stereocenters. The molecule has 0 unspecified atom stereocenters. The molecule has 0 aliphatic carbocycles. The molecule has 0 saturated carbocycles. The number of nitrogens with one attached hydrogen (secondary N) is 1. The largest absolute Gasteiger partial charge is 0.494 e. The van der Waals surface area contributed by atoms with Gasteiger partial charge in [-0.25, -0.2) is 4.79 Å². The normalized spacial score (nSPS) is 17.5. The van der Waals surface area contributed by atoms with E-state index in [1.165, 1.54) is 12.3 Å². The summed E-state index contributed by atoms with van der Waals surface area (Å²) in [4.78, 5) is 30.2. The van der Waals surface area contributed by atoms with Crippen molar-refractivity contribution < 1.29 is 5.11 Å². The van der Waals surface area contributed by atoms with Gasteiger partial charge in [0.2, 0.25) is 5.88 Å². The second-order valence-electron chi connectivity index (χ2n) is 6.10. The first-order chi connectivity index (χ1) is 12.6. The highest BCUT2D eigenvalue weighted by Crippen LogP contribution is 2.30. The van der Waals surface area contributed by atoms with Crippen LogP contribution in [0.25, 0.3) is 0 Å². The zero-order chi connectivity index (χ0) is 18.5. The van der Waals surface area contributed by atoms with Gasteiger partial charge in [-0.05, 0) is 30.9 Å². The summed E-state index contributed by atoms with van der Waals surface area (Å²) in [5.74, 6) is -0.419. The highest BCUT2D eigenvalue weighted by atomic mass is 16.3. The molecule has 136 valence electrons. The van der Waals surface area contributed by atoms with Gasteiger partial charge in [0, 0.05) is 25.5 Å². The van der Waals surface area contributed by atoms with Crippen LogP contribution in [0.5, 0.6) is 5.88 Å². The number of hydrazone groups is 1. The van der Waals surface area contributed by atoms with Gasteiger partial charge in [0.15, 0.2) is 0 Å². The number of piperidine rings is 1. The zero-order valence-electron chi connectivity index (χ0n) is 14.3. The van der Waals surface area contributed by atoms with E-state index in [4.69, 9.17) is 0 Å². The Morgan fingerprint density at radius 2 is 2.27 bits per heavy atom. The number of rotatable bonds is 5. The topological polar surface area (TPSA) is 104 Å².